The number of halogens is 2. The Bertz CT molecular complexity index is 816. The van der Waals surface area contributed by atoms with Crippen molar-refractivity contribution in [3.63, 3.8) is 0 Å². The van der Waals surface area contributed by atoms with Gasteiger partial charge >= 0.3 is 5.69 Å². The SMILES string of the molecule is Cc1c(F)c(F)c(C)c2c1c(=O)[nH]c(=O)n2C1CC1. The molecule has 1 N–H and O–H groups in total. The third-order valence-corrected chi connectivity index (χ3v) is 3.64. The van der Waals surface area contributed by atoms with Gasteiger partial charge in [0.2, 0.25) is 0 Å². The molecule has 1 aromatic carbocycles. The molecule has 0 radical (unpaired) electrons. The van der Waals surface area contributed by atoms with Gasteiger partial charge in [-0.3, -0.25) is 14.3 Å². The lowest BCUT2D eigenvalue weighted by Crippen LogP contribution is -2.31. The molecule has 0 spiro atoms. The van der Waals surface area contributed by atoms with Gasteiger partial charge in [0, 0.05) is 17.2 Å². The number of aromatic nitrogens is 2. The summed E-state index contributed by atoms with van der Waals surface area (Å²) in [6.45, 7) is 2.73. The molecule has 2 aromatic rings. The Kier molecular flexibility index (Phi) is 2.39. The fourth-order valence-corrected chi connectivity index (χ4v) is 2.49. The van der Waals surface area contributed by atoms with Gasteiger partial charge in [0.15, 0.2) is 11.6 Å². The molecule has 4 nitrogen and oxygen atoms in total. The predicted octanol–water partition coefficient (Wildman–Crippen LogP) is 1.92. The maximum absolute atomic E-state index is 13.8. The van der Waals surface area contributed by atoms with Crippen molar-refractivity contribution in [2.45, 2.75) is 32.7 Å². The fraction of sp³-hybridized carbons (Fsp3) is 0.385. The van der Waals surface area contributed by atoms with Gasteiger partial charge in [-0.15, -0.1) is 0 Å². The van der Waals surface area contributed by atoms with Crippen LogP contribution in [0.4, 0.5) is 8.78 Å². The summed E-state index contributed by atoms with van der Waals surface area (Å²) >= 11 is 0. The summed E-state index contributed by atoms with van der Waals surface area (Å²) in [6.07, 6.45) is 1.61. The highest BCUT2D eigenvalue weighted by Gasteiger charge is 2.29. The van der Waals surface area contributed by atoms with Crippen LogP contribution in [-0.2, 0) is 0 Å². The smallest absolute Gasteiger partial charge is 0.290 e. The Morgan fingerprint density at radius 2 is 1.68 bits per heavy atom. The lowest BCUT2D eigenvalue weighted by molar-refractivity contribution is 0.499. The lowest BCUT2D eigenvalue weighted by atomic mass is 10.0. The molecule has 1 saturated carbocycles. The largest absolute Gasteiger partial charge is 0.329 e. The molecule has 3 rings (SSSR count). The monoisotopic (exact) mass is 266 g/mol. The van der Waals surface area contributed by atoms with Gasteiger partial charge in [0.1, 0.15) is 0 Å². The van der Waals surface area contributed by atoms with Gasteiger partial charge in [0.25, 0.3) is 5.56 Å². The summed E-state index contributed by atoms with van der Waals surface area (Å²) in [5.74, 6) is -2.03. The number of H-pyrrole nitrogens is 1. The van der Waals surface area contributed by atoms with Gasteiger partial charge in [-0.05, 0) is 26.7 Å². The molecule has 0 bridgehead atoms. The second-order valence-electron chi connectivity index (χ2n) is 4.96. The van der Waals surface area contributed by atoms with E-state index in [-0.39, 0.29) is 28.1 Å². The average Bonchev–Trinajstić information content (AvgIpc) is 3.17. The highest BCUT2D eigenvalue weighted by Crippen LogP contribution is 2.37. The van der Waals surface area contributed by atoms with Crippen molar-refractivity contribution in [2.75, 3.05) is 0 Å². The predicted molar refractivity (Wildman–Crippen MR) is 66.5 cm³/mol. The molecule has 0 amide bonds. The van der Waals surface area contributed by atoms with Crippen LogP contribution >= 0.6 is 0 Å². The van der Waals surface area contributed by atoms with E-state index in [4.69, 9.17) is 0 Å². The molecule has 0 saturated heterocycles. The van der Waals surface area contributed by atoms with Crippen LogP contribution in [-0.4, -0.2) is 9.55 Å². The van der Waals surface area contributed by atoms with E-state index < -0.39 is 22.9 Å². The Balaban J connectivity index is 2.65. The summed E-state index contributed by atoms with van der Waals surface area (Å²) in [5, 5.41) is 0.0582. The van der Waals surface area contributed by atoms with Crippen LogP contribution in [0.2, 0.25) is 0 Å². The molecule has 1 fully saturated rings. The van der Waals surface area contributed by atoms with E-state index in [2.05, 4.69) is 4.98 Å². The van der Waals surface area contributed by atoms with Crippen LogP contribution in [0.1, 0.15) is 30.0 Å². The molecule has 1 aliphatic rings. The van der Waals surface area contributed by atoms with Gasteiger partial charge in [0.05, 0.1) is 10.9 Å². The topological polar surface area (TPSA) is 54.9 Å². The number of rotatable bonds is 1. The highest BCUT2D eigenvalue weighted by molar-refractivity contribution is 5.85. The molecule has 0 aliphatic heterocycles. The molecule has 100 valence electrons. The van der Waals surface area contributed by atoms with Crippen molar-refractivity contribution in [2.24, 2.45) is 0 Å². The zero-order valence-corrected chi connectivity index (χ0v) is 10.5. The normalized spacial score (nSPS) is 15.2. The average molecular weight is 266 g/mol. The van der Waals surface area contributed by atoms with Crippen LogP contribution in [0.3, 0.4) is 0 Å². The van der Waals surface area contributed by atoms with Crippen molar-refractivity contribution in [1.29, 1.82) is 0 Å². The fourth-order valence-electron chi connectivity index (χ4n) is 2.49. The number of nitrogens with zero attached hydrogens (tertiary/aromatic N) is 1. The van der Waals surface area contributed by atoms with Crippen LogP contribution in [0.25, 0.3) is 10.9 Å². The molecular formula is C13H12F2N2O2. The van der Waals surface area contributed by atoms with E-state index in [0.717, 1.165) is 12.8 Å². The summed E-state index contributed by atoms with van der Waals surface area (Å²) in [4.78, 5) is 25.9. The molecule has 6 heteroatoms. The molecule has 1 aliphatic carbocycles. The number of aromatic amines is 1. The van der Waals surface area contributed by atoms with E-state index in [1.807, 2.05) is 0 Å². The van der Waals surface area contributed by atoms with Crippen LogP contribution < -0.4 is 11.2 Å². The first-order chi connectivity index (χ1) is 8.93. The van der Waals surface area contributed by atoms with Gasteiger partial charge < -0.3 is 0 Å². The minimum atomic E-state index is -1.03. The van der Waals surface area contributed by atoms with Crippen molar-refractivity contribution >= 4 is 10.9 Å². The van der Waals surface area contributed by atoms with Crippen molar-refractivity contribution in [1.82, 2.24) is 9.55 Å². The Morgan fingerprint density at radius 3 is 2.26 bits per heavy atom. The summed E-state index contributed by atoms with van der Waals surface area (Å²) in [7, 11) is 0. The van der Waals surface area contributed by atoms with E-state index in [1.54, 1.807) is 0 Å². The van der Waals surface area contributed by atoms with E-state index in [9.17, 15) is 18.4 Å². The Morgan fingerprint density at radius 1 is 1.11 bits per heavy atom. The van der Waals surface area contributed by atoms with Gasteiger partial charge in [-0.25, -0.2) is 13.6 Å². The number of nitrogens with one attached hydrogen (secondary N) is 1. The first-order valence-electron chi connectivity index (χ1n) is 6.06. The third-order valence-electron chi connectivity index (χ3n) is 3.64. The molecule has 0 unspecified atom stereocenters. The van der Waals surface area contributed by atoms with E-state index in [0.29, 0.717) is 0 Å². The molecule has 1 heterocycles. The van der Waals surface area contributed by atoms with Crippen molar-refractivity contribution in [3.8, 4) is 0 Å². The van der Waals surface area contributed by atoms with E-state index in [1.165, 1.54) is 18.4 Å². The van der Waals surface area contributed by atoms with Crippen LogP contribution in [0.5, 0.6) is 0 Å². The third kappa shape index (κ3) is 1.55. The molecule has 1 aromatic heterocycles. The summed E-state index contributed by atoms with van der Waals surface area (Å²) < 4.78 is 29.0. The number of benzene rings is 1. The second kappa shape index (κ2) is 3.76. The van der Waals surface area contributed by atoms with Crippen molar-refractivity contribution in [3.05, 3.63) is 43.6 Å². The quantitative estimate of drug-likeness (QED) is 0.857. The number of fused-ring (bicyclic) bond motifs is 1. The maximum atomic E-state index is 13.8. The molecule has 19 heavy (non-hydrogen) atoms. The van der Waals surface area contributed by atoms with Crippen LogP contribution in [0, 0.1) is 25.5 Å². The number of hydrogen-bond acceptors (Lipinski definition) is 2. The zero-order chi connectivity index (χ0) is 13.9. The van der Waals surface area contributed by atoms with E-state index >= 15 is 0 Å². The first kappa shape index (κ1) is 12.1. The van der Waals surface area contributed by atoms with Gasteiger partial charge in [-0.1, -0.05) is 0 Å². The minimum Gasteiger partial charge on any atom is -0.290 e. The summed E-state index contributed by atoms with van der Waals surface area (Å²) in [6, 6.07) is -0.0326. The Labute approximate surface area is 106 Å². The van der Waals surface area contributed by atoms with Crippen molar-refractivity contribution < 1.29 is 8.78 Å². The molecular weight excluding hydrogens is 254 g/mol. The summed E-state index contributed by atoms with van der Waals surface area (Å²) in [5.41, 5.74) is -1.07. The Hall–Kier alpha value is -1.98. The minimum absolute atomic E-state index is 0.00759. The lowest BCUT2D eigenvalue weighted by Gasteiger charge is -2.13. The zero-order valence-electron chi connectivity index (χ0n) is 10.5. The van der Waals surface area contributed by atoms with Crippen LogP contribution in [0.15, 0.2) is 9.59 Å². The van der Waals surface area contributed by atoms with Gasteiger partial charge in [-0.2, -0.15) is 0 Å². The highest BCUT2D eigenvalue weighted by atomic mass is 19.2. The second-order valence-corrected chi connectivity index (χ2v) is 4.96. The molecule has 0 atom stereocenters. The standard InChI is InChI=1S/C13H12F2N2O2/c1-5-8-11(6(2)10(15)9(5)14)17(7-3-4-7)13(19)16-12(8)18/h7H,3-4H2,1-2H3,(H,16,18,19). The number of aryl methyl sites for hydroxylation is 2. The maximum Gasteiger partial charge on any atom is 0.329 e. The number of hydrogen-bond donors (Lipinski definition) is 1. The first-order valence-corrected chi connectivity index (χ1v) is 6.06.